The number of aromatic nitrogens is 3. The van der Waals surface area contributed by atoms with E-state index in [0.717, 1.165) is 28.1 Å². The molecule has 30 heavy (non-hydrogen) atoms. The van der Waals surface area contributed by atoms with Crippen LogP contribution in [0.3, 0.4) is 0 Å². The highest BCUT2D eigenvalue weighted by molar-refractivity contribution is 8.00. The standard InChI is InChI=1S/C22H25N3O3S2/c1-5-28-22(27)17-12(3)19(25-13(17)4)15(26)9-29-20-18-14-7-6-11(2)8-16(14)30-21(18)24-10-23-20/h10-11,25H,5-9H2,1-4H3/t11-/m0/s1. The number of thioether (sulfide) groups is 1. The number of rotatable bonds is 6. The molecular formula is C22H25N3O3S2. The Labute approximate surface area is 183 Å². The van der Waals surface area contributed by atoms with Crippen molar-refractivity contribution in [3.63, 3.8) is 0 Å². The van der Waals surface area contributed by atoms with Crippen molar-refractivity contribution in [2.45, 2.75) is 52.0 Å². The zero-order valence-corrected chi connectivity index (χ0v) is 19.3. The lowest BCUT2D eigenvalue weighted by Gasteiger charge is -2.18. The molecule has 0 aliphatic heterocycles. The molecule has 0 radical (unpaired) electrons. The van der Waals surface area contributed by atoms with Gasteiger partial charge in [-0.15, -0.1) is 11.3 Å². The maximum absolute atomic E-state index is 12.9. The van der Waals surface area contributed by atoms with Crippen LogP contribution >= 0.6 is 23.1 Å². The summed E-state index contributed by atoms with van der Waals surface area (Å²) >= 11 is 3.20. The molecule has 0 saturated heterocycles. The molecule has 4 rings (SSSR count). The molecule has 0 amide bonds. The molecule has 0 unspecified atom stereocenters. The maximum atomic E-state index is 12.9. The third-order valence-corrected chi connectivity index (χ3v) is 7.74. The van der Waals surface area contributed by atoms with Gasteiger partial charge in [0.15, 0.2) is 5.78 Å². The topological polar surface area (TPSA) is 84.9 Å². The summed E-state index contributed by atoms with van der Waals surface area (Å²) in [4.78, 5) is 39.6. The van der Waals surface area contributed by atoms with Crippen LogP contribution in [0.15, 0.2) is 11.4 Å². The van der Waals surface area contributed by atoms with Gasteiger partial charge in [0.05, 0.1) is 23.6 Å². The van der Waals surface area contributed by atoms with Gasteiger partial charge in [0.25, 0.3) is 0 Å². The smallest absolute Gasteiger partial charge is 0.340 e. The minimum Gasteiger partial charge on any atom is -0.462 e. The number of ether oxygens (including phenoxy) is 1. The highest BCUT2D eigenvalue weighted by Crippen LogP contribution is 2.40. The van der Waals surface area contributed by atoms with Crippen LogP contribution in [0.4, 0.5) is 0 Å². The largest absolute Gasteiger partial charge is 0.462 e. The van der Waals surface area contributed by atoms with Crippen LogP contribution in [0, 0.1) is 19.8 Å². The van der Waals surface area contributed by atoms with Crippen molar-refractivity contribution in [2.24, 2.45) is 5.92 Å². The minimum atomic E-state index is -0.396. The highest BCUT2D eigenvalue weighted by Gasteiger charge is 2.25. The molecule has 8 heteroatoms. The first-order valence-corrected chi connectivity index (χ1v) is 12.0. The Kier molecular flexibility index (Phi) is 5.97. The monoisotopic (exact) mass is 443 g/mol. The van der Waals surface area contributed by atoms with Gasteiger partial charge in [-0.05, 0) is 57.1 Å². The first-order chi connectivity index (χ1) is 14.4. The summed E-state index contributed by atoms with van der Waals surface area (Å²) in [7, 11) is 0. The third kappa shape index (κ3) is 3.78. The molecule has 0 bridgehead atoms. The lowest BCUT2D eigenvalue weighted by Crippen LogP contribution is -2.09. The molecule has 3 heterocycles. The first-order valence-electron chi connectivity index (χ1n) is 10.2. The van der Waals surface area contributed by atoms with Gasteiger partial charge in [-0.25, -0.2) is 14.8 Å². The molecule has 158 valence electrons. The van der Waals surface area contributed by atoms with Crippen molar-refractivity contribution in [1.29, 1.82) is 0 Å². The number of ketones is 1. The molecule has 0 fully saturated rings. The summed E-state index contributed by atoms with van der Waals surface area (Å²) < 4.78 is 5.12. The second-order valence-electron chi connectivity index (χ2n) is 7.77. The maximum Gasteiger partial charge on any atom is 0.340 e. The van der Waals surface area contributed by atoms with Crippen molar-refractivity contribution in [2.75, 3.05) is 12.4 Å². The van der Waals surface area contributed by atoms with E-state index in [9.17, 15) is 9.59 Å². The fraction of sp³-hybridized carbons (Fsp3) is 0.455. The van der Waals surface area contributed by atoms with E-state index in [2.05, 4.69) is 21.9 Å². The fourth-order valence-electron chi connectivity index (χ4n) is 4.10. The van der Waals surface area contributed by atoms with E-state index in [1.54, 1.807) is 38.4 Å². The Hall–Kier alpha value is -2.19. The van der Waals surface area contributed by atoms with Crippen LogP contribution in [-0.2, 0) is 17.6 Å². The molecule has 1 aliphatic rings. The summed E-state index contributed by atoms with van der Waals surface area (Å²) in [6.07, 6.45) is 4.90. The second kappa shape index (κ2) is 8.51. The lowest BCUT2D eigenvalue weighted by molar-refractivity contribution is 0.0525. The number of nitrogens with zero attached hydrogens (tertiary/aromatic N) is 2. The van der Waals surface area contributed by atoms with Gasteiger partial charge in [-0.3, -0.25) is 4.79 Å². The Morgan fingerprint density at radius 1 is 1.33 bits per heavy atom. The van der Waals surface area contributed by atoms with Crippen molar-refractivity contribution >= 4 is 45.1 Å². The van der Waals surface area contributed by atoms with E-state index < -0.39 is 5.97 Å². The van der Waals surface area contributed by atoms with E-state index in [1.165, 1.54) is 28.6 Å². The zero-order chi connectivity index (χ0) is 21.4. The number of thiophene rings is 1. The fourth-order valence-corrected chi connectivity index (χ4v) is 6.41. The van der Waals surface area contributed by atoms with Crippen molar-refractivity contribution in [3.8, 4) is 0 Å². The predicted molar refractivity (Wildman–Crippen MR) is 120 cm³/mol. The predicted octanol–water partition coefficient (Wildman–Crippen LogP) is 4.91. The van der Waals surface area contributed by atoms with Gasteiger partial charge in [0.2, 0.25) is 0 Å². The number of carbonyl (C=O) groups is 2. The number of Topliss-reactive ketones (excluding diaryl/α,β-unsaturated/α-hetero) is 1. The summed E-state index contributed by atoms with van der Waals surface area (Å²) in [5, 5.41) is 1.99. The Morgan fingerprint density at radius 3 is 2.90 bits per heavy atom. The summed E-state index contributed by atoms with van der Waals surface area (Å²) in [5.74, 6) is 0.493. The van der Waals surface area contributed by atoms with Gasteiger partial charge in [-0.1, -0.05) is 18.7 Å². The lowest BCUT2D eigenvalue weighted by atomic mass is 9.89. The van der Waals surface area contributed by atoms with E-state index in [4.69, 9.17) is 4.74 Å². The third-order valence-electron chi connectivity index (χ3n) is 5.59. The molecule has 0 aromatic carbocycles. The van der Waals surface area contributed by atoms with Gasteiger partial charge >= 0.3 is 5.97 Å². The number of nitrogens with one attached hydrogen (secondary N) is 1. The summed E-state index contributed by atoms with van der Waals surface area (Å²) in [6, 6.07) is 0. The van der Waals surface area contributed by atoms with Gasteiger partial charge in [0.1, 0.15) is 16.2 Å². The Morgan fingerprint density at radius 2 is 2.13 bits per heavy atom. The molecule has 1 aliphatic carbocycles. The number of carbonyl (C=O) groups excluding carboxylic acids is 2. The normalized spacial score (nSPS) is 15.9. The molecular weight excluding hydrogens is 418 g/mol. The molecule has 3 aromatic rings. The number of aromatic amines is 1. The van der Waals surface area contributed by atoms with E-state index in [0.29, 0.717) is 35.0 Å². The van der Waals surface area contributed by atoms with Crippen LogP contribution in [0.25, 0.3) is 10.2 Å². The average molecular weight is 444 g/mol. The first kappa shape index (κ1) is 21.1. The van der Waals surface area contributed by atoms with Crippen LogP contribution in [0.5, 0.6) is 0 Å². The SMILES string of the molecule is CCOC(=O)c1c(C)[nH]c(C(=O)CSc2ncnc3sc4c(c23)CC[C@H](C)C4)c1C. The van der Waals surface area contributed by atoms with Gasteiger partial charge < -0.3 is 9.72 Å². The van der Waals surface area contributed by atoms with Gasteiger partial charge in [0, 0.05) is 16.0 Å². The number of hydrogen-bond donors (Lipinski definition) is 1. The summed E-state index contributed by atoms with van der Waals surface area (Å²) in [6.45, 7) is 7.93. The molecule has 1 N–H and O–H groups in total. The number of esters is 1. The van der Waals surface area contributed by atoms with Crippen molar-refractivity contribution in [3.05, 3.63) is 39.3 Å². The molecule has 1 atom stereocenters. The Bertz CT molecular complexity index is 1130. The van der Waals surface area contributed by atoms with Crippen molar-refractivity contribution < 1.29 is 14.3 Å². The van der Waals surface area contributed by atoms with Crippen LogP contribution in [-0.4, -0.2) is 39.1 Å². The van der Waals surface area contributed by atoms with E-state index in [-0.39, 0.29) is 11.5 Å². The molecule has 6 nitrogen and oxygen atoms in total. The average Bonchev–Trinajstić information content (AvgIpc) is 3.22. The molecule has 3 aromatic heterocycles. The molecule has 0 spiro atoms. The van der Waals surface area contributed by atoms with Gasteiger partial charge in [-0.2, -0.15) is 0 Å². The van der Waals surface area contributed by atoms with E-state index in [1.807, 2.05) is 0 Å². The zero-order valence-electron chi connectivity index (χ0n) is 17.6. The Balaban J connectivity index is 1.57. The van der Waals surface area contributed by atoms with Crippen LogP contribution in [0.2, 0.25) is 0 Å². The number of aryl methyl sites for hydroxylation is 2. The van der Waals surface area contributed by atoms with Crippen LogP contribution in [0.1, 0.15) is 62.8 Å². The minimum absolute atomic E-state index is 0.0550. The van der Waals surface area contributed by atoms with Crippen molar-refractivity contribution in [1.82, 2.24) is 15.0 Å². The summed E-state index contributed by atoms with van der Waals surface area (Å²) in [5.41, 5.74) is 3.58. The quantitative estimate of drug-likeness (QED) is 0.252. The number of hydrogen-bond acceptors (Lipinski definition) is 7. The van der Waals surface area contributed by atoms with E-state index >= 15 is 0 Å². The van der Waals surface area contributed by atoms with Crippen LogP contribution < -0.4 is 0 Å². The number of fused-ring (bicyclic) bond motifs is 3. The highest BCUT2D eigenvalue weighted by atomic mass is 32.2. The number of H-pyrrole nitrogens is 1. The molecule has 0 saturated carbocycles. The second-order valence-corrected chi connectivity index (χ2v) is 9.82.